The summed E-state index contributed by atoms with van der Waals surface area (Å²) in [7, 11) is -5.84. The predicted octanol–water partition coefficient (Wildman–Crippen LogP) is 6.48. The Morgan fingerprint density at radius 1 is 0.564 bits per heavy atom. The summed E-state index contributed by atoms with van der Waals surface area (Å²) in [4.78, 5) is 25.2. The van der Waals surface area contributed by atoms with Gasteiger partial charge in [-0.25, -0.2) is 19.9 Å². The number of hydrogen-bond donors (Lipinski definition) is 4. The fourth-order valence-corrected chi connectivity index (χ4v) is 5.71. The van der Waals surface area contributed by atoms with E-state index in [-0.39, 0.29) is 39.5 Å². The molecule has 22 heteroatoms. The van der Waals surface area contributed by atoms with Gasteiger partial charge in [-0.05, 0) is 60.7 Å². The van der Waals surface area contributed by atoms with Gasteiger partial charge in [-0.2, -0.15) is 47.3 Å². The second-order valence-corrected chi connectivity index (χ2v) is 13.8. The van der Waals surface area contributed by atoms with Gasteiger partial charge in [0.15, 0.2) is 0 Å². The van der Waals surface area contributed by atoms with Crippen molar-refractivity contribution in [3.05, 3.63) is 109 Å². The fraction of sp³-hybridized carbons (Fsp3) is 0.0909. The molecule has 0 aliphatic carbocycles. The molecule has 0 aliphatic rings. The highest BCUT2D eigenvalue weighted by atomic mass is 32.2. The van der Waals surface area contributed by atoms with E-state index < -0.39 is 20.2 Å². The molecule has 280 valence electrons. The monoisotopic (exact) mass is 784 g/mol. The summed E-state index contributed by atoms with van der Waals surface area (Å²) >= 11 is 0. The first-order valence-corrected chi connectivity index (χ1v) is 18.5. The first-order chi connectivity index (χ1) is 26.4. The van der Waals surface area contributed by atoms with Crippen LogP contribution < -0.4 is 20.1 Å². The van der Waals surface area contributed by atoms with Crippen LogP contribution in [0, 0.1) is 0 Å². The van der Waals surface area contributed by atoms with Gasteiger partial charge in [0.2, 0.25) is 11.9 Å². The number of nitrogens with one attached hydrogen (secondary N) is 2. The number of aromatic nitrogens is 6. The Labute approximate surface area is 313 Å². The lowest BCUT2D eigenvalue weighted by Crippen LogP contribution is -2.07. The number of azo groups is 2. The Morgan fingerprint density at radius 2 is 0.964 bits per heavy atom. The fourth-order valence-electron chi connectivity index (χ4n) is 4.67. The van der Waals surface area contributed by atoms with E-state index in [0.717, 1.165) is 0 Å². The van der Waals surface area contributed by atoms with Crippen LogP contribution in [0.4, 0.5) is 46.0 Å². The number of nitrogens with zero attached hydrogens (tertiary/aromatic N) is 10. The Morgan fingerprint density at radius 3 is 1.35 bits per heavy atom. The molecule has 55 heavy (non-hydrogen) atoms. The normalized spacial score (nSPS) is 11.9. The van der Waals surface area contributed by atoms with E-state index in [9.17, 15) is 25.9 Å². The molecule has 6 rings (SSSR count). The summed E-state index contributed by atoms with van der Waals surface area (Å²) in [5.74, 6) is 1.88. The van der Waals surface area contributed by atoms with Crippen molar-refractivity contribution in [2.45, 2.75) is 16.2 Å². The Bertz CT molecular complexity index is 2470. The van der Waals surface area contributed by atoms with Gasteiger partial charge in [-0.3, -0.25) is 9.11 Å². The van der Waals surface area contributed by atoms with Crippen molar-refractivity contribution in [1.82, 2.24) is 29.9 Å². The summed E-state index contributed by atoms with van der Waals surface area (Å²) < 4.78 is 75.3. The minimum absolute atomic E-state index is 0.124. The minimum atomic E-state index is -4.39. The molecule has 2 heterocycles. The SMILES string of the molecule is COc1cc(N=Nc2cccc(S(=O)(=O)O)c2)ccc1Nc1ncnc(Cc2ncnc(Nc3ccc(N=Nc4cccc(S(=O)(=O)O)c4)cc3OC)n2)n1. The molecule has 2 aromatic heterocycles. The van der Waals surface area contributed by atoms with E-state index in [0.29, 0.717) is 45.9 Å². The van der Waals surface area contributed by atoms with Crippen molar-refractivity contribution in [2.24, 2.45) is 20.5 Å². The van der Waals surface area contributed by atoms with Crippen molar-refractivity contribution < 1.29 is 35.4 Å². The van der Waals surface area contributed by atoms with Crippen molar-refractivity contribution in [1.29, 1.82) is 0 Å². The first kappa shape index (κ1) is 37.9. The average Bonchev–Trinajstić information content (AvgIpc) is 3.17. The molecule has 4 N–H and O–H groups in total. The van der Waals surface area contributed by atoms with E-state index in [1.807, 2.05) is 0 Å². The largest absolute Gasteiger partial charge is 0.494 e. The molecule has 0 bridgehead atoms. The Hall–Kier alpha value is -6.88. The van der Waals surface area contributed by atoms with E-state index in [1.165, 1.54) is 75.4 Å². The minimum Gasteiger partial charge on any atom is -0.494 e. The summed E-state index contributed by atoms with van der Waals surface area (Å²) in [6, 6.07) is 20.6. The molecule has 0 unspecified atom stereocenters. The highest BCUT2D eigenvalue weighted by Gasteiger charge is 2.13. The summed E-state index contributed by atoms with van der Waals surface area (Å²) in [6.45, 7) is 0. The maximum absolute atomic E-state index is 11.4. The van der Waals surface area contributed by atoms with Gasteiger partial charge in [0, 0.05) is 12.1 Å². The predicted molar refractivity (Wildman–Crippen MR) is 196 cm³/mol. The molecule has 0 spiro atoms. The zero-order valence-corrected chi connectivity index (χ0v) is 30.2. The van der Waals surface area contributed by atoms with Gasteiger partial charge in [-0.15, -0.1) is 0 Å². The quantitative estimate of drug-likeness (QED) is 0.0679. The molecule has 0 fully saturated rings. The molecule has 4 aromatic carbocycles. The molecule has 20 nitrogen and oxygen atoms in total. The second kappa shape index (κ2) is 16.4. The smallest absolute Gasteiger partial charge is 0.294 e. The van der Waals surface area contributed by atoms with Crippen LogP contribution in [0.2, 0.25) is 0 Å². The number of rotatable bonds is 14. The molecular weight excluding hydrogens is 757 g/mol. The van der Waals surface area contributed by atoms with Crippen LogP contribution in [0.1, 0.15) is 11.6 Å². The average molecular weight is 785 g/mol. The van der Waals surface area contributed by atoms with Crippen molar-refractivity contribution >= 4 is 66.3 Å². The summed E-state index contributed by atoms with van der Waals surface area (Å²) in [6.07, 6.45) is 2.78. The highest BCUT2D eigenvalue weighted by Crippen LogP contribution is 2.33. The van der Waals surface area contributed by atoms with Crippen LogP contribution in [0.15, 0.2) is 128 Å². The third-order valence-corrected chi connectivity index (χ3v) is 8.92. The number of hydrogen-bond acceptors (Lipinski definition) is 18. The molecular formula is C33H28N12O8S2. The van der Waals surface area contributed by atoms with E-state index in [1.54, 1.807) is 36.4 Å². The van der Waals surface area contributed by atoms with Crippen LogP contribution in [0.25, 0.3) is 0 Å². The van der Waals surface area contributed by atoms with Crippen LogP contribution in [0.3, 0.4) is 0 Å². The zero-order valence-electron chi connectivity index (χ0n) is 28.6. The number of anilines is 4. The van der Waals surface area contributed by atoms with Gasteiger partial charge < -0.3 is 20.1 Å². The van der Waals surface area contributed by atoms with Gasteiger partial charge in [0.1, 0.15) is 35.8 Å². The van der Waals surface area contributed by atoms with E-state index in [2.05, 4.69) is 61.0 Å². The molecule has 0 saturated heterocycles. The lowest BCUT2D eigenvalue weighted by atomic mass is 10.2. The lowest BCUT2D eigenvalue weighted by Gasteiger charge is -2.11. The maximum Gasteiger partial charge on any atom is 0.294 e. The number of ether oxygens (including phenoxy) is 2. The molecule has 0 atom stereocenters. The van der Waals surface area contributed by atoms with Gasteiger partial charge >= 0.3 is 0 Å². The van der Waals surface area contributed by atoms with Gasteiger partial charge in [0.05, 0.1) is 64.6 Å². The van der Waals surface area contributed by atoms with Gasteiger partial charge in [0.25, 0.3) is 20.2 Å². The number of benzene rings is 4. The van der Waals surface area contributed by atoms with Crippen molar-refractivity contribution in [3.63, 3.8) is 0 Å². The highest BCUT2D eigenvalue weighted by molar-refractivity contribution is 7.86. The van der Waals surface area contributed by atoms with Crippen LogP contribution in [-0.4, -0.2) is 70.1 Å². The van der Waals surface area contributed by atoms with Gasteiger partial charge in [-0.1, -0.05) is 12.1 Å². The topological polar surface area (TPSA) is 278 Å². The van der Waals surface area contributed by atoms with Crippen molar-refractivity contribution in [3.8, 4) is 11.5 Å². The van der Waals surface area contributed by atoms with Crippen LogP contribution in [0.5, 0.6) is 11.5 Å². The van der Waals surface area contributed by atoms with E-state index >= 15 is 0 Å². The summed E-state index contributed by atoms with van der Waals surface area (Å²) in [5, 5.41) is 22.5. The molecule has 0 amide bonds. The third kappa shape index (κ3) is 10.2. The van der Waals surface area contributed by atoms with Crippen LogP contribution >= 0.6 is 0 Å². The molecule has 6 aromatic rings. The molecule has 0 radical (unpaired) electrons. The van der Waals surface area contributed by atoms with Crippen LogP contribution in [-0.2, 0) is 26.7 Å². The Kier molecular flexibility index (Phi) is 11.3. The Balaban J connectivity index is 1.11. The van der Waals surface area contributed by atoms with Crippen molar-refractivity contribution in [2.75, 3.05) is 24.9 Å². The van der Waals surface area contributed by atoms with E-state index in [4.69, 9.17) is 9.47 Å². The third-order valence-electron chi connectivity index (χ3n) is 7.22. The maximum atomic E-state index is 11.4. The molecule has 0 saturated carbocycles. The zero-order chi connectivity index (χ0) is 39.0. The lowest BCUT2D eigenvalue weighted by molar-refractivity contribution is 0.417. The first-order valence-electron chi connectivity index (χ1n) is 15.6. The number of methoxy groups -OCH3 is 2. The summed E-state index contributed by atoms with van der Waals surface area (Å²) in [5.41, 5.74) is 2.25. The second-order valence-electron chi connectivity index (χ2n) is 11.0. The molecule has 0 aliphatic heterocycles. The standard InChI is InChI=1S/C33H28N12O8S2/c1-52-28-15-22(44-42-20-5-3-7-24(13-20)54(46,47)48)9-11-26(28)38-32-36-18-34-30(40-32)17-31-35-19-37-33(41-31)39-27-12-10-23(16-29(27)53-2)45-43-21-6-4-8-25(14-21)55(49,50)51/h3-16,18-19H,17H2,1-2H3,(H,46,47,48)(H,49,50,51)(H,34,36,38,40)(H,35,37,39,41).